The molecule has 0 heterocycles. The van der Waals surface area contributed by atoms with Crippen molar-refractivity contribution in [3.63, 3.8) is 0 Å². The standard InChI is InChI=1S/C94H81N3/c1-61-16-29-72(30-17-61)92(74-37-51-81(52-38-74)95(75-39-18-62(2)19-40-75)76-41-20-63(3)21-42-76)73-33-31-70(32-34-73)68(8)94(90-58-67(7)28-57-85(90)87-59-89-86(60-91(87)94)84-14-12-13-15-88(84)93(89,10)11)69(9)71-35-49-80(50-36-71)97(79-47-26-66(6)27-48-79)83-55-53-82(54-56-83)96(77-43-22-64(4)23-44-77)78-45-24-65(5)25-46-78/h12-60,92H,8-9H2,1-7,10-11H3. The van der Waals surface area contributed by atoms with Crippen LogP contribution in [0.3, 0.4) is 0 Å². The van der Waals surface area contributed by atoms with Crippen molar-refractivity contribution in [1.82, 2.24) is 0 Å². The lowest BCUT2D eigenvalue weighted by Gasteiger charge is -2.38. The van der Waals surface area contributed by atoms with Gasteiger partial charge in [0.15, 0.2) is 0 Å². The fraction of sp³-hybridized carbons (Fsp3) is 0.128. The van der Waals surface area contributed by atoms with Crippen molar-refractivity contribution >= 4 is 62.3 Å². The van der Waals surface area contributed by atoms with Gasteiger partial charge in [-0.15, -0.1) is 0 Å². The first kappa shape index (κ1) is 61.9. The molecule has 0 amide bonds. The zero-order valence-corrected chi connectivity index (χ0v) is 57.1. The first-order valence-corrected chi connectivity index (χ1v) is 34.0. The molecule has 13 aromatic carbocycles. The third kappa shape index (κ3) is 11.1. The second-order valence-electron chi connectivity index (χ2n) is 27.7. The first-order valence-electron chi connectivity index (χ1n) is 34.0. The summed E-state index contributed by atoms with van der Waals surface area (Å²) < 4.78 is 0. The van der Waals surface area contributed by atoms with Crippen molar-refractivity contribution in [1.29, 1.82) is 0 Å². The smallest absolute Gasteiger partial charge is 0.0714 e. The number of hydrogen-bond donors (Lipinski definition) is 0. The van der Waals surface area contributed by atoms with E-state index in [9.17, 15) is 0 Å². The Kier molecular flexibility index (Phi) is 15.8. The third-order valence-corrected chi connectivity index (χ3v) is 20.7. The summed E-state index contributed by atoms with van der Waals surface area (Å²) in [7, 11) is 0. The molecule has 13 aromatic rings. The summed E-state index contributed by atoms with van der Waals surface area (Å²) in [5.74, 6) is -0.0438. The van der Waals surface area contributed by atoms with Gasteiger partial charge in [-0.3, -0.25) is 0 Å². The molecular formula is C94H81N3. The van der Waals surface area contributed by atoms with E-state index < -0.39 is 5.41 Å². The Hall–Kier alpha value is -11.3. The van der Waals surface area contributed by atoms with E-state index in [4.69, 9.17) is 13.2 Å². The molecule has 0 fully saturated rings. The number of allylic oxidation sites excluding steroid dienone is 2. The minimum Gasteiger partial charge on any atom is -0.311 e. The molecule has 472 valence electrons. The Balaban J connectivity index is 0.843. The van der Waals surface area contributed by atoms with Crippen LogP contribution in [0.15, 0.2) is 310 Å². The van der Waals surface area contributed by atoms with Crippen LogP contribution in [-0.2, 0) is 10.8 Å². The predicted octanol–water partition coefficient (Wildman–Crippen LogP) is 25.4. The fourth-order valence-corrected chi connectivity index (χ4v) is 15.3. The maximum atomic E-state index is 5.33. The number of benzene rings is 13. The lowest BCUT2D eigenvalue weighted by Crippen LogP contribution is -2.29. The summed E-state index contributed by atoms with van der Waals surface area (Å²) >= 11 is 0. The minimum atomic E-state index is -0.878. The van der Waals surface area contributed by atoms with Crippen LogP contribution in [0.2, 0.25) is 0 Å². The first-order chi connectivity index (χ1) is 47.0. The van der Waals surface area contributed by atoms with Crippen LogP contribution >= 0.6 is 0 Å². The van der Waals surface area contributed by atoms with Crippen LogP contribution in [0, 0.1) is 48.5 Å². The average Bonchev–Trinajstić information content (AvgIpc) is 1.53. The molecule has 0 radical (unpaired) electrons. The van der Waals surface area contributed by atoms with E-state index in [1.807, 2.05) is 0 Å². The molecule has 0 aliphatic heterocycles. The van der Waals surface area contributed by atoms with E-state index in [-0.39, 0.29) is 11.3 Å². The number of aryl methyl sites for hydroxylation is 7. The summed E-state index contributed by atoms with van der Waals surface area (Å²) in [4.78, 5) is 7.05. The van der Waals surface area contributed by atoms with Gasteiger partial charge in [0.25, 0.3) is 0 Å². The van der Waals surface area contributed by atoms with Gasteiger partial charge in [-0.2, -0.15) is 0 Å². The van der Waals surface area contributed by atoms with Crippen molar-refractivity contribution in [3.05, 3.63) is 399 Å². The Labute approximate surface area is 574 Å². The van der Waals surface area contributed by atoms with Crippen LogP contribution in [-0.4, -0.2) is 0 Å². The Morgan fingerprint density at radius 1 is 0.258 bits per heavy atom. The van der Waals surface area contributed by atoms with Crippen molar-refractivity contribution in [3.8, 4) is 22.3 Å². The Bertz CT molecular complexity index is 4760. The topological polar surface area (TPSA) is 9.72 Å². The molecule has 0 aromatic heterocycles. The van der Waals surface area contributed by atoms with Gasteiger partial charge in [0.1, 0.15) is 0 Å². The summed E-state index contributed by atoms with van der Waals surface area (Å²) in [6.45, 7) is 30.5. The monoisotopic (exact) mass is 1250 g/mol. The van der Waals surface area contributed by atoms with Gasteiger partial charge in [0.2, 0.25) is 0 Å². The molecule has 3 nitrogen and oxygen atoms in total. The average molecular weight is 1250 g/mol. The molecule has 2 aliphatic carbocycles. The second-order valence-corrected chi connectivity index (χ2v) is 27.7. The van der Waals surface area contributed by atoms with E-state index in [2.05, 4.69) is 374 Å². The molecular weight excluding hydrogens is 1170 g/mol. The van der Waals surface area contributed by atoms with E-state index in [0.717, 1.165) is 73.5 Å². The van der Waals surface area contributed by atoms with Crippen LogP contribution < -0.4 is 14.7 Å². The van der Waals surface area contributed by atoms with Crippen molar-refractivity contribution in [2.45, 2.75) is 79.1 Å². The Morgan fingerprint density at radius 3 is 0.907 bits per heavy atom. The number of rotatable bonds is 16. The molecule has 15 rings (SSSR count). The molecule has 3 heteroatoms. The largest absolute Gasteiger partial charge is 0.311 e. The molecule has 2 atom stereocenters. The second kappa shape index (κ2) is 24.8. The molecule has 0 bridgehead atoms. The molecule has 0 saturated heterocycles. The zero-order valence-electron chi connectivity index (χ0n) is 57.1. The summed E-state index contributed by atoms with van der Waals surface area (Å²) in [6, 6.07) is 111. The zero-order chi connectivity index (χ0) is 66.9. The lowest BCUT2D eigenvalue weighted by atomic mass is 9.63. The van der Waals surface area contributed by atoms with Gasteiger partial charge in [-0.1, -0.05) is 242 Å². The van der Waals surface area contributed by atoms with Crippen molar-refractivity contribution in [2.75, 3.05) is 14.7 Å². The highest BCUT2D eigenvalue weighted by Gasteiger charge is 2.50. The quantitative estimate of drug-likeness (QED) is 0.0893. The summed E-state index contributed by atoms with van der Waals surface area (Å²) in [5, 5.41) is 0. The van der Waals surface area contributed by atoms with Crippen molar-refractivity contribution in [2.24, 2.45) is 0 Å². The predicted molar refractivity (Wildman–Crippen MR) is 412 cm³/mol. The van der Waals surface area contributed by atoms with Crippen LogP contribution in [0.5, 0.6) is 0 Å². The highest BCUT2D eigenvalue weighted by atomic mass is 15.2. The normalized spacial score (nSPS) is 14.2. The van der Waals surface area contributed by atoms with Gasteiger partial charge in [0, 0.05) is 62.5 Å². The number of nitrogens with zero attached hydrogens (tertiary/aromatic N) is 3. The number of hydrogen-bond acceptors (Lipinski definition) is 3. The van der Waals surface area contributed by atoms with Gasteiger partial charge in [-0.05, 0) is 253 Å². The highest BCUT2D eigenvalue weighted by molar-refractivity contribution is 6.05. The maximum Gasteiger partial charge on any atom is 0.0714 e. The molecule has 97 heavy (non-hydrogen) atoms. The van der Waals surface area contributed by atoms with E-state index >= 15 is 0 Å². The summed E-state index contributed by atoms with van der Waals surface area (Å²) in [6.07, 6.45) is 0. The van der Waals surface area contributed by atoms with Crippen LogP contribution in [0.1, 0.15) is 109 Å². The van der Waals surface area contributed by atoms with Crippen molar-refractivity contribution < 1.29 is 0 Å². The Morgan fingerprint density at radius 2 is 0.515 bits per heavy atom. The van der Waals surface area contributed by atoms with Gasteiger partial charge < -0.3 is 14.7 Å². The molecule has 2 unspecified atom stereocenters. The molecule has 2 aliphatic rings. The number of fused-ring (bicyclic) bond motifs is 6. The van der Waals surface area contributed by atoms with Gasteiger partial charge >= 0.3 is 0 Å². The summed E-state index contributed by atoms with van der Waals surface area (Å²) in [5.41, 5.74) is 35.1. The van der Waals surface area contributed by atoms with Gasteiger partial charge in [0.05, 0.1) is 5.41 Å². The van der Waals surface area contributed by atoms with Crippen LogP contribution in [0.4, 0.5) is 51.2 Å². The SMILES string of the molecule is C=C(c1ccc(C(c2ccc(C)cc2)c2ccc(N(c3ccc(C)cc3)c3ccc(C)cc3)cc2)cc1)C1(C(=C)c2ccc(N(c3ccc(C)cc3)c3ccc(N(c4ccc(C)cc4)c4ccc(C)cc4)cc3)cc2)c2cc(C)ccc2-c2cc3c(cc21)-c1ccccc1C3(C)C. The molecule has 0 spiro atoms. The minimum absolute atomic E-state index is 0.0438. The van der Waals surface area contributed by atoms with Gasteiger partial charge in [-0.25, -0.2) is 0 Å². The fourth-order valence-electron chi connectivity index (χ4n) is 15.3. The van der Waals surface area contributed by atoms with E-state index in [0.29, 0.717) is 0 Å². The van der Waals surface area contributed by atoms with E-state index in [1.54, 1.807) is 0 Å². The number of anilines is 9. The molecule has 0 saturated carbocycles. The third-order valence-electron chi connectivity index (χ3n) is 20.7. The molecule has 0 N–H and O–H groups in total. The lowest BCUT2D eigenvalue weighted by molar-refractivity contribution is 0.660. The maximum absolute atomic E-state index is 5.33. The van der Waals surface area contributed by atoms with Crippen LogP contribution in [0.25, 0.3) is 33.4 Å². The highest BCUT2D eigenvalue weighted by Crippen LogP contribution is 2.63. The van der Waals surface area contributed by atoms with E-state index in [1.165, 1.54) is 100 Å².